The van der Waals surface area contributed by atoms with Gasteiger partial charge in [0, 0.05) is 59.7 Å². The Kier molecular flexibility index (Phi) is 9.57. The fraction of sp³-hybridized carbons (Fsp3) is 0.0820. The molecule has 0 aliphatic heterocycles. The van der Waals surface area contributed by atoms with Crippen LogP contribution < -0.4 is 14.7 Å². The molecule has 0 fully saturated rings. The standard InChI is InChI=1S/C61H46N2S/c1-41-38-60-54(52-23-10-13-29-59(52)64-60)40-58(41)63-56-27-12-9-24-53(56)61-51(25-15-28-57(61)63)47-21-14-20-46(39-47)50-22-8-11-26-55(50)62(48-34-30-44(31-35-48)42-16-4-2-5-17-42)49-36-32-45(33-37-49)43-18-6-3-7-19-43/h2-32,34-41,45,58H,33H2,1H3. The summed E-state index contributed by atoms with van der Waals surface area (Å²) in [7, 11) is 0. The Hall–Kier alpha value is -7.46. The van der Waals surface area contributed by atoms with Gasteiger partial charge in [0.25, 0.3) is 0 Å². The normalized spacial score (nSPS) is 16.9. The summed E-state index contributed by atoms with van der Waals surface area (Å²) in [5.74, 6) is 0.678. The zero-order valence-electron chi connectivity index (χ0n) is 35.7. The molecule has 0 saturated carbocycles. The van der Waals surface area contributed by atoms with E-state index in [4.69, 9.17) is 0 Å². The highest BCUT2D eigenvalue weighted by molar-refractivity contribution is 7.17. The lowest BCUT2D eigenvalue weighted by Gasteiger charge is -2.31. The monoisotopic (exact) mass is 838 g/mol. The van der Waals surface area contributed by atoms with E-state index >= 15 is 0 Å². The van der Waals surface area contributed by atoms with Crippen molar-refractivity contribution < 1.29 is 0 Å². The molecule has 10 aromatic rings. The lowest BCUT2D eigenvalue weighted by molar-refractivity contribution is 0.558. The first kappa shape index (κ1) is 38.2. The van der Waals surface area contributed by atoms with Gasteiger partial charge in [-0.3, -0.25) is 0 Å². The maximum absolute atomic E-state index is 2.61. The van der Waals surface area contributed by atoms with Gasteiger partial charge < -0.3 is 9.47 Å². The number of anilines is 2. The van der Waals surface area contributed by atoms with E-state index in [-0.39, 0.29) is 6.04 Å². The minimum Gasteiger partial charge on any atom is -0.333 e. The summed E-state index contributed by atoms with van der Waals surface area (Å²) >= 11 is 1.91. The quantitative estimate of drug-likeness (QED) is 0.148. The van der Waals surface area contributed by atoms with E-state index < -0.39 is 0 Å². The second kappa shape index (κ2) is 16.0. The summed E-state index contributed by atoms with van der Waals surface area (Å²) in [6, 6.07) is 73.6. The topological polar surface area (TPSA) is 8.17 Å². The molecule has 2 nitrogen and oxygen atoms in total. The second-order valence-electron chi connectivity index (χ2n) is 17.2. The lowest BCUT2D eigenvalue weighted by atomic mass is 9.91. The van der Waals surface area contributed by atoms with Crippen molar-refractivity contribution in [2.24, 2.45) is 5.92 Å². The first-order valence-electron chi connectivity index (χ1n) is 22.5. The van der Waals surface area contributed by atoms with Gasteiger partial charge in [-0.2, -0.15) is 0 Å². The smallest absolute Gasteiger partial charge is 0.0592 e. The third-order valence-electron chi connectivity index (χ3n) is 13.4. The molecule has 3 heteroatoms. The van der Waals surface area contributed by atoms with Crippen LogP contribution in [0, 0.1) is 5.92 Å². The molecule has 2 heterocycles. The number of thiophene rings is 1. The molecule has 64 heavy (non-hydrogen) atoms. The highest BCUT2D eigenvalue weighted by Crippen LogP contribution is 2.44. The Bertz CT molecular complexity index is 3550. The number of fused-ring (bicyclic) bond motifs is 6. The predicted octanol–water partition coefficient (Wildman–Crippen LogP) is 15.2. The van der Waals surface area contributed by atoms with E-state index in [0.717, 1.165) is 17.8 Å². The largest absolute Gasteiger partial charge is 0.333 e. The number of allylic oxidation sites excluding steroid dienone is 3. The average Bonchev–Trinajstić information content (AvgIpc) is 3.90. The van der Waals surface area contributed by atoms with Crippen LogP contribution in [0.2, 0.25) is 0 Å². The van der Waals surface area contributed by atoms with Crippen LogP contribution in [0.3, 0.4) is 0 Å². The molecule has 306 valence electrons. The Morgan fingerprint density at radius 2 is 1.19 bits per heavy atom. The molecule has 12 rings (SSSR count). The SMILES string of the molecule is CC1C=c2sc3ccccc3c2=CC1n1c2ccccc2c2c(-c3cccc(-c4ccccc4N(C4=CCC(c5ccccc5)C=C4)c4ccc(-c5ccccc5)cc4)c3)cccc21. The van der Waals surface area contributed by atoms with Gasteiger partial charge in [-0.05, 0) is 93.6 Å². The molecule has 0 saturated heterocycles. The zero-order valence-corrected chi connectivity index (χ0v) is 36.5. The molecule has 3 unspecified atom stereocenters. The highest BCUT2D eigenvalue weighted by Gasteiger charge is 2.26. The number of rotatable bonds is 8. The molecule has 2 aliphatic rings. The minimum absolute atomic E-state index is 0.181. The highest BCUT2D eigenvalue weighted by atomic mass is 32.1. The van der Waals surface area contributed by atoms with Crippen LogP contribution in [-0.2, 0) is 0 Å². The molecule has 0 N–H and O–H groups in total. The maximum atomic E-state index is 2.61. The predicted molar refractivity (Wildman–Crippen MR) is 274 cm³/mol. The molecule has 0 spiro atoms. The molecule has 3 atom stereocenters. The summed E-state index contributed by atoms with van der Waals surface area (Å²) in [6.45, 7) is 2.38. The first-order valence-corrected chi connectivity index (χ1v) is 23.3. The Morgan fingerprint density at radius 1 is 0.547 bits per heavy atom. The number of nitrogens with zero attached hydrogens (tertiary/aromatic N) is 2. The van der Waals surface area contributed by atoms with Crippen molar-refractivity contribution in [3.05, 3.63) is 239 Å². The van der Waals surface area contributed by atoms with Crippen LogP contribution in [0.25, 0.3) is 77.4 Å². The van der Waals surface area contributed by atoms with Crippen molar-refractivity contribution in [3.63, 3.8) is 0 Å². The summed E-state index contributed by atoms with van der Waals surface area (Å²) in [6.07, 6.45) is 13.1. The molecule has 0 amide bonds. The van der Waals surface area contributed by atoms with Gasteiger partial charge in [0.2, 0.25) is 0 Å². The summed E-state index contributed by atoms with van der Waals surface area (Å²) in [5, 5.41) is 5.31. The van der Waals surface area contributed by atoms with Crippen molar-refractivity contribution >= 4 is 66.8 Å². The minimum atomic E-state index is 0.181. The summed E-state index contributed by atoms with van der Waals surface area (Å²) in [5.41, 5.74) is 14.6. The van der Waals surface area contributed by atoms with E-state index in [0.29, 0.717) is 11.8 Å². The molecule has 2 aliphatic carbocycles. The third-order valence-corrected chi connectivity index (χ3v) is 14.6. The van der Waals surface area contributed by atoms with E-state index in [2.05, 4.69) is 247 Å². The average molecular weight is 839 g/mol. The van der Waals surface area contributed by atoms with Crippen LogP contribution in [0.4, 0.5) is 11.4 Å². The third kappa shape index (κ3) is 6.63. The lowest BCUT2D eigenvalue weighted by Crippen LogP contribution is -2.29. The van der Waals surface area contributed by atoms with Gasteiger partial charge in [0.15, 0.2) is 0 Å². The molecule has 0 radical (unpaired) electrons. The Balaban J connectivity index is 0.975. The molecule has 8 aromatic carbocycles. The van der Waals surface area contributed by atoms with E-state index in [9.17, 15) is 0 Å². The van der Waals surface area contributed by atoms with Crippen molar-refractivity contribution in [2.45, 2.75) is 25.3 Å². The number of para-hydroxylation sites is 2. The van der Waals surface area contributed by atoms with E-state index in [1.165, 1.54) is 86.3 Å². The van der Waals surface area contributed by atoms with Crippen LogP contribution in [0.15, 0.2) is 224 Å². The Labute approximate surface area is 378 Å². The Morgan fingerprint density at radius 3 is 2.00 bits per heavy atom. The molecule has 2 aromatic heterocycles. The van der Waals surface area contributed by atoms with Gasteiger partial charge >= 0.3 is 0 Å². The van der Waals surface area contributed by atoms with Gasteiger partial charge in [-0.25, -0.2) is 0 Å². The van der Waals surface area contributed by atoms with Crippen molar-refractivity contribution in [3.8, 4) is 33.4 Å². The maximum Gasteiger partial charge on any atom is 0.0592 e. The summed E-state index contributed by atoms with van der Waals surface area (Å²) in [4.78, 5) is 2.45. The first-order chi connectivity index (χ1) is 31.7. The number of aromatic nitrogens is 1. The number of benzene rings is 8. The van der Waals surface area contributed by atoms with Gasteiger partial charge in [0.1, 0.15) is 0 Å². The van der Waals surface area contributed by atoms with Crippen LogP contribution in [0.5, 0.6) is 0 Å². The fourth-order valence-electron chi connectivity index (χ4n) is 10.3. The van der Waals surface area contributed by atoms with E-state index in [1.54, 1.807) is 0 Å². The number of hydrogen-bond donors (Lipinski definition) is 0. The zero-order chi connectivity index (χ0) is 42.6. The van der Waals surface area contributed by atoms with Crippen molar-refractivity contribution in [1.29, 1.82) is 0 Å². The van der Waals surface area contributed by atoms with Crippen LogP contribution in [-0.4, -0.2) is 4.57 Å². The molecular weight excluding hydrogens is 793 g/mol. The fourth-order valence-corrected chi connectivity index (χ4v) is 11.6. The van der Waals surface area contributed by atoms with Crippen LogP contribution in [0.1, 0.15) is 30.9 Å². The van der Waals surface area contributed by atoms with E-state index in [1.807, 2.05) is 11.3 Å². The summed E-state index contributed by atoms with van der Waals surface area (Å²) < 4.78 is 5.35. The van der Waals surface area contributed by atoms with Gasteiger partial charge in [0.05, 0.1) is 17.2 Å². The molecule has 0 bridgehead atoms. The molecular formula is C61H46N2S. The second-order valence-corrected chi connectivity index (χ2v) is 18.3. The van der Waals surface area contributed by atoms with Crippen molar-refractivity contribution in [1.82, 2.24) is 4.57 Å². The van der Waals surface area contributed by atoms with Gasteiger partial charge in [-0.15, -0.1) is 11.3 Å². The van der Waals surface area contributed by atoms with Crippen molar-refractivity contribution in [2.75, 3.05) is 4.90 Å². The van der Waals surface area contributed by atoms with Gasteiger partial charge in [-0.1, -0.05) is 189 Å². The van der Waals surface area contributed by atoms with Crippen LogP contribution >= 0.6 is 11.3 Å². The number of hydrogen-bond acceptors (Lipinski definition) is 2.